The Labute approximate surface area is 113 Å². The van der Waals surface area contributed by atoms with Crippen molar-refractivity contribution in [2.24, 2.45) is 23.2 Å². The SMILES string of the molecule is CCNC(C1CC2CCC1C2)C1(C)CCCCC1. The molecule has 104 valence electrons. The van der Waals surface area contributed by atoms with Gasteiger partial charge in [-0.25, -0.2) is 0 Å². The van der Waals surface area contributed by atoms with Crippen LogP contribution in [0.25, 0.3) is 0 Å². The highest BCUT2D eigenvalue weighted by Crippen LogP contribution is 2.54. The molecule has 2 bridgehead atoms. The molecule has 0 aliphatic heterocycles. The third kappa shape index (κ3) is 2.24. The van der Waals surface area contributed by atoms with Gasteiger partial charge in [0.15, 0.2) is 0 Å². The Morgan fingerprint density at radius 2 is 1.89 bits per heavy atom. The van der Waals surface area contributed by atoms with Crippen LogP contribution in [-0.2, 0) is 0 Å². The zero-order chi connectivity index (χ0) is 12.6. The molecule has 1 heteroatoms. The van der Waals surface area contributed by atoms with Crippen LogP contribution in [-0.4, -0.2) is 12.6 Å². The van der Waals surface area contributed by atoms with Gasteiger partial charge in [0.05, 0.1) is 0 Å². The minimum atomic E-state index is 0.601. The van der Waals surface area contributed by atoms with Gasteiger partial charge < -0.3 is 5.32 Å². The van der Waals surface area contributed by atoms with E-state index in [0.29, 0.717) is 5.41 Å². The average molecular weight is 249 g/mol. The summed E-state index contributed by atoms with van der Waals surface area (Å²) >= 11 is 0. The Balaban J connectivity index is 1.74. The Bertz CT molecular complexity index is 279. The van der Waals surface area contributed by atoms with E-state index in [0.717, 1.165) is 30.3 Å². The lowest BCUT2D eigenvalue weighted by Crippen LogP contribution is -2.50. The first-order chi connectivity index (χ1) is 8.73. The predicted octanol–water partition coefficient (Wildman–Crippen LogP) is 4.37. The number of fused-ring (bicyclic) bond motifs is 2. The summed E-state index contributed by atoms with van der Waals surface area (Å²) in [5, 5.41) is 3.92. The third-order valence-electron chi connectivity index (χ3n) is 6.39. The van der Waals surface area contributed by atoms with Crippen molar-refractivity contribution in [2.75, 3.05) is 6.54 Å². The second-order valence-electron chi connectivity index (χ2n) is 7.59. The van der Waals surface area contributed by atoms with Crippen LogP contribution in [0, 0.1) is 23.2 Å². The van der Waals surface area contributed by atoms with Crippen molar-refractivity contribution in [1.82, 2.24) is 5.32 Å². The number of rotatable bonds is 4. The molecule has 1 N–H and O–H groups in total. The maximum atomic E-state index is 3.92. The minimum absolute atomic E-state index is 0.601. The van der Waals surface area contributed by atoms with E-state index in [2.05, 4.69) is 19.2 Å². The Hall–Kier alpha value is -0.0400. The van der Waals surface area contributed by atoms with E-state index in [-0.39, 0.29) is 0 Å². The van der Waals surface area contributed by atoms with Crippen molar-refractivity contribution >= 4 is 0 Å². The lowest BCUT2D eigenvalue weighted by atomic mass is 9.64. The van der Waals surface area contributed by atoms with Crippen LogP contribution in [0.1, 0.15) is 71.6 Å². The molecule has 0 aromatic rings. The highest BCUT2D eigenvalue weighted by molar-refractivity contribution is 5.01. The van der Waals surface area contributed by atoms with Crippen LogP contribution in [0.2, 0.25) is 0 Å². The van der Waals surface area contributed by atoms with Gasteiger partial charge >= 0.3 is 0 Å². The Morgan fingerprint density at radius 3 is 2.44 bits per heavy atom. The van der Waals surface area contributed by atoms with Gasteiger partial charge in [0.25, 0.3) is 0 Å². The van der Waals surface area contributed by atoms with Crippen LogP contribution >= 0.6 is 0 Å². The summed E-state index contributed by atoms with van der Waals surface area (Å²) < 4.78 is 0. The van der Waals surface area contributed by atoms with Gasteiger partial charge in [0.1, 0.15) is 0 Å². The lowest BCUT2D eigenvalue weighted by Gasteiger charge is -2.46. The number of hydrogen-bond acceptors (Lipinski definition) is 1. The molecular formula is C17H31N. The zero-order valence-corrected chi connectivity index (χ0v) is 12.4. The molecule has 3 aliphatic carbocycles. The van der Waals surface area contributed by atoms with Gasteiger partial charge in [-0.15, -0.1) is 0 Å². The van der Waals surface area contributed by atoms with Gasteiger partial charge in [-0.1, -0.05) is 39.5 Å². The molecule has 0 spiro atoms. The van der Waals surface area contributed by atoms with Crippen LogP contribution in [0.5, 0.6) is 0 Å². The molecule has 3 aliphatic rings. The maximum Gasteiger partial charge on any atom is 0.0152 e. The summed E-state index contributed by atoms with van der Waals surface area (Å²) in [4.78, 5) is 0. The zero-order valence-electron chi connectivity index (χ0n) is 12.4. The largest absolute Gasteiger partial charge is 0.313 e. The van der Waals surface area contributed by atoms with Crippen molar-refractivity contribution in [3.8, 4) is 0 Å². The average Bonchev–Trinajstić information content (AvgIpc) is 2.98. The first-order valence-electron chi connectivity index (χ1n) is 8.46. The monoisotopic (exact) mass is 249 g/mol. The summed E-state index contributed by atoms with van der Waals surface area (Å²) in [5.41, 5.74) is 0.601. The molecule has 0 heterocycles. The number of hydrogen-bond donors (Lipinski definition) is 1. The smallest absolute Gasteiger partial charge is 0.0152 e. The fourth-order valence-electron chi connectivity index (χ4n) is 5.51. The molecule has 4 unspecified atom stereocenters. The topological polar surface area (TPSA) is 12.0 Å². The second kappa shape index (κ2) is 5.15. The van der Waals surface area contributed by atoms with Crippen LogP contribution in [0.3, 0.4) is 0 Å². The normalized spacial score (nSPS) is 40.0. The molecule has 18 heavy (non-hydrogen) atoms. The van der Waals surface area contributed by atoms with Gasteiger partial charge in [-0.05, 0) is 61.8 Å². The molecule has 0 saturated heterocycles. The van der Waals surface area contributed by atoms with E-state index in [1.165, 1.54) is 51.4 Å². The summed E-state index contributed by atoms with van der Waals surface area (Å²) in [6.45, 7) is 6.05. The molecule has 3 fully saturated rings. The van der Waals surface area contributed by atoms with Gasteiger partial charge in [-0.3, -0.25) is 0 Å². The second-order valence-corrected chi connectivity index (χ2v) is 7.59. The minimum Gasteiger partial charge on any atom is -0.313 e. The molecule has 4 atom stereocenters. The van der Waals surface area contributed by atoms with E-state index in [1.54, 1.807) is 6.42 Å². The highest BCUT2D eigenvalue weighted by atomic mass is 14.9. The Kier molecular flexibility index (Phi) is 3.71. The summed E-state index contributed by atoms with van der Waals surface area (Å²) in [7, 11) is 0. The Morgan fingerprint density at radius 1 is 1.11 bits per heavy atom. The van der Waals surface area contributed by atoms with E-state index in [4.69, 9.17) is 0 Å². The van der Waals surface area contributed by atoms with Gasteiger partial charge in [0, 0.05) is 6.04 Å². The van der Waals surface area contributed by atoms with Crippen LogP contribution in [0.4, 0.5) is 0 Å². The van der Waals surface area contributed by atoms with E-state index >= 15 is 0 Å². The molecule has 1 nitrogen and oxygen atoms in total. The van der Waals surface area contributed by atoms with Crippen molar-refractivity contribution in [3.63, 3.8) is 0 Å². The lowest BCUT2D eigenvalue weighted by molar-refractivity contribution is 0.0790. The van der Waals surface area contributed by atoms with Gasteiger partial charge in [0.2, 0.25) is 0 Å². The standard InChI is InChI=1S/C17H31N/c1-3-18-16(17(2)9-5-4-6-10-17)15-12-13-7-8-14(15)11-13/h13-16,18H,3-12H2,1-2H3. The molecule has 3 saturated carbocycles. The fraction of sp³-hybridized carbons (Fsp3) is 1.00. The van der Waals surface area contributed by atoms with Crippen LogP contribution in [0.15, 0.2) is 0 Å². The van der Waals surface area contributed by atoms with Crippen molar-refractivity contribution in [3.05, 3.63) is 0 Å². The summed E-state index contributed by atoms with van der Waals surface area (Å²) in [6.07, 6.45) is 13.5. The number of nitrogens with one attached hydrogen (secondary N) is 1. The van der Waals surface area contributed by atoms with Crippen LogP contribution < -0.4 is 5.32 Å². The first kappa shape index (κ1) is 13.0. The van der Waals surface area contributed by atoms with E-state index in [1.807, 2.05) is 0 Å². The third-order valence-corrected chi connectivity index (χ3v) is 6.39. The summed E-state index contributed by atoms with van der Waals surface area (Å²) in [6, 6.07) is 0.818. The fourth-order valence-corrected chi connectivity index (χ4v) is 5.51. The quantitative estimate of drug-likeness (QED) is 0.780. The first-order valence-corrected chi connectivity index (χ1v) is 8.46. The highest BCUT2D eigenvalue weighted by Gasteiger charge is 2.48. The van der Waals surface area contributed by atoms with Crippen molar-refractivity contribution < 1.29 is 0 Å². The van der Waals surface area contributed by atoms with Gasteiger partial charge in [-0.2, -0.15) is 0 Å². The molecule has 0 amide bonds. The predicted molar refractivity (Wildman–Crippen MR) is 77.6 cm³/mol. The maximum absolute atomic E-state index is 3.92. The van der Waals surface area contributed by atoms with E-state index in [9.17, 15) is 0 Å². The van der Waals surface area contributed by atoms with Crippen molar-refractivity contribution in [2.45, 2.75) is 77.7 Å². The van der Waals surface area contributed by atoms with Crippen molar-refractivity contribution in [1.29, 1.82) is 0 Å². The summed E-state index contributed by atoms with van der Waals surface area (Å²) in [5.74, 6) is 3.16. The molecule has 3 rings (SSSR count). The molecule has 0 aromatic carbocycles. The molecule has 0 aromatic heterocycles. The molecule has 0 radical (unpaired) electrons. The molecular weight excluding hydrogens is 218 g/mol. The van der Waals surface area contributed by atoms with E-state index < -0.39 is 0 Å².